The van der Waals surface area contributed by atoms with Gasteiger partial charge in [-0.2, -0.15) is 0 Å². The Balaban J connectivity index is 1.45. The maximum atomic E-state index is 12.7. The van der Waals surface area contributed by atoms with Crippen molar-refractivity contribution >= 4 is 34.8 Å². The highest BCUT2D eigenvalue weighted by atomic mass is 35.5. The van der Waals surface area contributed by atoms with E-state index in [1.165, 1.54) is 7.11 Å². The molecule has 0 saturated carbocycles. The van der Waals surface area contributed by atoms with Gasteiger partial charge in [0.2, 0.25) is 11.8 Å². The van der Waals surface area contributed by atoms with E-state index in [9.17, 15) is 9.59 Å². The van der Waals surface area contributed by atoms with Crippen LogP contribution < -0.4 is 24.4 Å². The van der Waals surface area contributed by atoms with Gasteiger partial charge in [0.1, 0.15) is 19.0 Å². The van der Waals surface area contributed by atoms with E-state index < -0.39 is 5.92 Å². The molecule has 0 radical (unpaired) electrons. The zero-order valence-electron chi connectivity index (χ0n) is 15.2. The molecule has 2 aromatic carbocycles. The van der Waals surface area contributed by atoms with Gasteiger partial charge in [-0.15, -0.1) is 0 Å². The fraction of sp³-hybridized carbons (Fsp3) is 0.300. The summed E-state index contributed by atoms with van der Waals surface area (Å²) in [5, 5.41) is 3.27. The largest absolute Gasteiger partial charge is 0.495 e. The Morgan fingerprint density at radius 1 is 1.18 bits per heavy atom. The SMILES string of the molecule is COc1ccc(N2C[C@H](C(=O)Nc3ccc4c(c3)OCCO4)CC2=O)cc1Cl. The Hall–Kier alpha value is -2.93. The van der Waals surface area contributed by atoms with E-state index in [0.29, 0.717) is 46.9 Å². The number of halogens is 1. The van der Waals surface area contributed by atoms with Gasteiger partial charge < -0.3 is 24.4 Å². The summed E-state index contributed by atoms with van der Waals surface area (Å²) in [6.07, 6.45) is 0.139. The molecule has 1 saturated heterocycles. The minimum atomic E-state index is -0.457. The van der Waals surface area contributed by atoms with Gasteiger partial charge in [0.15, 0.2) is 11.5 Å². The van der Waals surface area contributed by atoms with E-state index in [-0.39, 0.29) is 24.8 Å². The Kier molecular flexibility index (Phi) is 5.00. The van der Waals surface area contributed by atoms with Crippen LogP contribution in [0.2, 0.25) is 5.02 Å². The molecule has 0 aliphatic carbocycles. The first-order valence-electron chi connectivity index (χ1n) is 8.89. The van der Waals surface area contributed by atoms with E-state index in [1.54, 1.807) is 41.3 Å². The molecule has 1 N–H and O–H groups in total. The first-order chi connectivity index (χ1) is 13.5. The smallest absolute Gasteiger partial charge is 0.229 e. The number of nitrogens with zero attached hydrogens (tertiary/aromatic N) is 1. The van der Waals surface area contributed by atoms with Crippen molar-refractivity contribution in [3.63, 3.8) is 0 Å². The molecular weight excluding hydrogens is 384 g/mol. The van der Waals surface area contributed by atoms with Gasteiger partial charge in [-0.3, -0.25) is 9.59 Å². The number of ether oxygens (including phenoxy) is 3. The average Bonchev–Trinajstić information content (AvgIpc) is 3.09. The minimum Gasteiger partial charge on any atom is -0.495 e. The van der Waals surface area contributed by atoms with Crippen LogP contribution in [-0.2, 0) is 9.59 Å². The lowest BCUT2D eigenvalue weighted by Crippen LogP contribution is -2.28. The molecule has 8 heteroatoms. The molecule has 2 amide bonds. The summed E-state index contributed by atoms with van der Waals surface area (Å²) in [7, 11) is 1.53. The fourth-order valence-corrected chi connectivity index (χ4v) is 3.57. The third kappa shape index (κ3) is 3.57. The van der Waals surface area contributed by atoms with Gasteiger partial charge in [-0.25, -0.2) is 0 Å². The molecule has 0 unspecified atom stereocenters. The van der Waals surface area contributed by atoms with Crippen molar-refractivity contribution in [2.45, 2.75) is 6.42 Å². The van der Waals surface area contributed by atoms with Crippen LogP contribution in [0.1, 0.15) is 6.42 Å². The summed E-state index contributed by atoms with van der Waals surface area (Å²) in [5.41, 5.74) is 1.25. The Bertz CT molecular complexity index is 933. The first kappa shape index (κ1) is 18.4. The number of benzene rings is 2. The third-order valence-corrected chi connectivity index (χ3v) is 5.05. The lowest BCUT2D eigenvalue weighted by molar-refractivity contribution is -0.122. The molecular formula is C20H19ClN2O5. The van der Waals surface area contributed by atoms with Crippen molar-refractivity contribution in [2.24, 2.45) is 5.92 Å². The topological polar surface area (TPSA) is 77.1 Å². The van der Waals surface area contributed by atoms with Crippen LogP contribution in [0.15, 0.2) is 36.4 Å². The molecule has 7 nitrogen and oxygen atoms in total. The molecule has 0 spiro atoms. The van der Waals surface area contributed by atoms with Gasteiger partial charge in [-0.05, 0) is 30.3 Å². The first-order valence-corrected chi connectivity index (χ1v) is 9.27. The molecule has 1 atom stereocenters. The minimum absolute atomic E-state index is 0.122. The number of carbonyl (C=O) groups excluding carboxylic acids is 2. The monoisotopic (exact) mass is 402 g/mol. The second kappa shape index (κ2) is 7.59. The lowest BCUT2D eigenvalue weighted by Gasteiger charge is -2.20. The maximum Gasteiger partial charge on any atom is 0.229 e. The van der Waals surface area contributed by atoms with E-state index in [1.807, 2.05) is 0 Å². The van der Waals surface area contributed by atoms with Crippen molar-refractivity contribution in [2.75, 3.05) is 37.1 Å². The number of rotatable bonds is 4. The fourth-order valence-electron chi connectivity index (χ4n) is 3.32. The molecule has 2 aromatic rings. The Morgan fingerprint density at radius 3 is 2.71 bits per heavy atom. The molecule has 1 fully saturated rings. The number of amides is 2. The summed E-state index contributed by atoms with van der Waals surface area (Å²) in [4.78, 5) is 26.7. The van der Waals surface area contributed by atoms with E-state index in [4.69, 9.17) is 25.8 Å². The standard InChI is InChI=1S/C20H19ClN2O5/c1-26-16-5-3-14(10-15(16)21)23-11-12(8-19(23)24)20(25)22-13-2-4-17-18(9-13)28-7-6-27-17/h2-5,9-10,12H,6-8,11H2,1H3,(H,22,25)/t12-/m1/s1. The second-order valence-corrected chi connectivity index (χ2v) is 6.98. The molecule has 2 heterocycles. The summed E-state index contributed by atoms with van der Waals surface area (Å²) in [6, 6.07) is 10.4. The highest BCUT2D eigenvalue weighted by molar-refractivity contribution is 6.32. The Labute approximate surface area is 167 Å². The summed E-state index contributed by atoms with van der Waals surface area (Å²) in [6.45, 7) is 1.27. The molecule has 4 rings (SSSR count). The molecule has 0 bridgehead atoms. The second-order valence-electron chi connectivity index (χ2n) is 6.57. The lowest BCUT2D eigenvalue weighted by atomic mass is 10.1. The number of hydrogen-bond acceptors (Lipinski definition) is 5. The van der Waals surface area contributed by atoms with E-state index in [2.05, 4.69) is 5.32 Å². The average molecular weight is 403 g/mol. The van der Waals surface area contributed by atoms with Gasteiger partial charge in [0.25, 0.3) is 0 Å². The third-order valence-electron chi connectivity index (χ3n) is 4.75. The van der Waals surface area contributed by atoms with Crippen molar-refractivity contribution in [1.29, 1.82) is 0 Å². The van der Waals surface area contributed by atoms with Crippen LogP contribution >= 0.6 is 11.6 Å². The number of hydrogen-bond donors (Lipinski definition) is 1. The molecule has 0 aromatic heterocycles. The summed E-state index contributed by atoms with van der Waals surface area (Å²) in [5.74, 6) is 0.992. The molecule has 2 aliphatic rings. The highest BCUT2D eigenvalue weighted by Gasteiger charge is 2.35. The van der Waals surface area contributed by atoms with Crippen LogP contribution in [0.5, 0.6) is 17.2 Å². The molecule has 28 heavy (non-hydrogen) atoms. The maximum absolute atomic E-state index is 12.7. The molecule has 146 valence electrons. The number of methoxy groups -OCH3 is 1. The quantitative estimate of drug-likeness (QED) is 0.850. The van der Waals surface area contributed by atoms with Gasteiger partial charge in [-0.1, -0.05) is 11.6 Å². The molecule has 2 aliphatic heterocycles. The van der Waals surface area contributed by atoms with Crippen LogP contribution in [0.25, 0.3) is 0 Å². The van der Waals surface area contributed by atoms with Crippen molar-refractivity contribution in [1.82, 2.24) is 0 Å². The van der Waals surface area contributed by atoms with Crippen molar-refractivity contribution in [3.05, 3.63) is 41.4 Å². The van der Waals surface area contributed by atoms with Crippen LogP contribution in [0, 0.1) is 5.92 Å². The van der Waals surface area contributed by atoms with Crippen LogP contribution in [0.4, 0.5) is 11.4 Å². The van der Waals surface area contributed by atoms with Gasteiger partial charge >= 0.3 is 0 Å². The highest BCUT2D eigenvalue weighted by Crippen LogP contribution is 2.34. The number of nitrogens with one attached hydrogen (secondary N) is 1. The normalized spacial score (nSPS) is 18.1. The van der Waals surface area contributed by atoms with Gasteiger partial charge in [0, 0.05) is 30.4 Å². The van der Waals surface area contributed by atoms with Crippen molar-refractivity contribution in [3.8, 4) is 17.2 Å². The predicted molar refractivity (Wildman–Crippen MR) is 105 cm³/mol. The van der Waals surface area contributed by atoms with E-state index >= 15 is 0 Å². The predicted octanol–water partition coefficient (Wildman–Crippen LogP) is 3.11. The van der Waals surface area contributed by atoms with Gasteiger partial charge in [0.05, 0.1) is 18.1 Å². The number of carbonyl (C=O) groups is 2. The van der Waals surface area contributed by atoms with Crippen LogP contribution in [-0.4, -0.2) is 38.7 Å². The van der Waals surface area contributed by atoms with Crippen LogP contribution in [0.3, 0.4) is 0 Å². The number of fused-ring (bicyclic) bond motifs is 1. The van der Waals surface area contributed by atoms with Crippen molar-refractivity contribution < 1.29 is 23.8 Å². The zero-order chi connectivity index (χ0) is 19.7. The number of anilines is 2. The summed E-state index contributed by atoms with van der Waals surface area (Å²) >= 11 is 6.16. The Morgan fingerprint density at radius 2 is 1.96 bits per heavy atom. The summed E-state index contributed by atoms with van der Waals surface area (Å²) < 4.78 is 16.1. The zero-order valence-corrected chi connectivity index (χ0v) is 16.0. The van der Waals surface area contributed by atoms with E-state index in [0.717, 1.165) is 0 Å².